The Morgan fingerprint density at radius 2 is 2.08 bits per heavy atom. The first-order valence-electron chi connectivity index (χ1n) is 8.12. The van der Waals surface area contributed by atoms with Crippen molar-refractivity contribution >= 4 is 23.2 Å². The van der Waals surface area contributed by atoms with Crippen molar-refractivity contribution in [3.05, 3.63) is 46.5 Å². The summed E-state index contributed by atoms with van der Waals surface area (Å²) in [5.41, 5.74) is 1.72. The highest BCUT2D eigenvalue weighted by Crippen LogP contribution is 2.18. The van der Waals surface area contributed by atoms with E-state index in [4.69, 9.17) is 16.1 Å². The second-order valence-electron chi connectivity index (χ2n) is 6.46. The number of hydrogen-bond donors (Lipinski definition) is 1. The van der Waals surface area contributed by atoms with Gasteiger partial charge in [-0.2, -0.15) is 4.98 Å². The average molecular weight is 362 g/mol. The number of imidazole rings is 1. The predicted octanol–water partition coefficient (Wildman–Crippen LogP) is 3.37. The lowest BCUT2D eigenvalue weighted by Crippen LogP contribution is -2.28. The van der Waals surface area contributed by atoms with E-state index in [-0.39, 0.29) is 5.91 Å². The molecule has 132 valence electrons. The van der Waals surface area contributed by atoms with Crippen molar-refractivity contribution in [2.75, 3.05) is 0 Å². The second kappa shape index (κ2) is 6.84. The third-order valence-electron chi connectivity index (χ3n) is 3.76. The van der Waals surface area contributed by atoms with Crippen LogP contribution in [0.25, 0.3) is 5.65 Å². The number of nitrogens with one attached hydrogen (secondary N) is 1. The van der Waals surface area contributed by atoms with Crippen molar-refractivity contribution in [3.8, 4) is 0 Å². The maximum atomic E-state index is 12.7. The summed E-state index contributed by atoms with van der Waals surface area (Å²) in [7, 11) is 0. The zero-order chi connectivity index (χ0) is 18.1. The summed E-state index contributed by atoms with van der Waals surface area (Å²) in [6.07, 6.45) is 2.40. The van der Waals surface area contributed by atoms with E-state index >= 15 is 0 Å². The number of rotatable bonds is 5. The number of carbonyl (C=O) groups is 1. The number of fused-ring (bicyclic) bond motifs is 1. The van der Waals surface area contributed by atoms with Crippen molar-refractivity contribution < 1.29 is 9.32 Å². The highest BCUT2D eigenvalue weighted by atomic mass is 35.5. The van der Waals surface area contributed by atoms with Gasteiger partial charge >= 0.3 is 0 Å². The van der Waals surface area contributed by atoms with Gasteiger partial charge < -0.3 is 9.84 Å². The topological polar surface area (TPSA) is 85.3 Å². The summed E-state index contributed by atoms with van der Waals surface area (Å²) >= 11 is 6.04. The number of nitrogens with zero attached hydrogens (tertiary/aromatic N) is 4. The van der Waals surface area contributed by atoms with Gasteiger partial charge in [-0.15, -0.1) is 0 Å². The number of amides is 1. The summed E-state index contributed by atoms with van der Waals surface area (Å²) in [5, 5.41) is 7.36. The molecular weight excluding hydrogens is 342 g/mol. The van der Waals surface area contributed by atoms with Gasteiger partial charge in [0, 0.05) is 12.6 Å². The Morgan fingerprint density at radius 1 is 1.32 bits per heavy atom. The quantitative estimate of drug-likeness (QED) is 0.753. The fourth-order valence-corrected chi connectivity index (χ4v) is 2.79. The molecule has 0 bridgehead atoms. The summed E-state index contributed by atoms with van der Waals surface area (Å²) in [6.45, 7) is 7.75. The van der Waals surface area contributed by atoms with E-state index in [1.54, 1.807) is 36.6 Å². The van der Waals surface area contributed by atoms with Crippen molar-refractivity contribution in [1.29, 1.82) is 0 Å². The van der Waals surface area contributed by atoms with E-state index in [0.717, 1.165) is 6.42 Å². The minimum absolute atomic E-state index is 0.275. The molecule has 8 heteroatoms. The first-order chi connectivity index (χ1) is 11.8. The van der Waals surface area contributed by atoms with Crippen LogP contribution < -0.4 is 5.32 Å². The van der Waals surface area contributed by atoms with Gasteiger partial charge in [-0.3, -0.25) is 9.20 Å². The van der Waals surface area contributed by atoms with Crippen molar-refractivity contribution in [3.63, 3.8) is 0 Å². The summed E-state index contributed by atoms with van der Waals surface area (Å²) in [6, 6.07) is 3.10. The number of carbonyl (C=O) groups excluding carboxylic acids is 1. The Balaban J connectivity index is 1.81. The number of aromatic nitrogens is 4. The molecule has 1 amide bonds. The molecule has 1 atom stereocenters. The Hall–Kier alpha value is -2.41. The lowest BCUT2D eigenvalue weighted by Gasteiger charge is -2.10. The van der Waals surface area contributed by atoms with Gasteiger partial charge in [-0.1, -0.05) is 30.6 Å². The smallest absolute Gasteiger partial charge is 0.270 e. The average Bonchev–Trinajstić information content (AvgIpc) is 3.10. The zero-order valence-corrected chi connectivity index (χ0v) is 15.3. The van der Waals surface area contributed by atoms with Crippen LogP contribution in [0, 0.1) is 12.8 Å². The molecule has 0 fully saturated rings. The van der Waals surface area contributed by atoms with E-state index in [9.17, 15) is 4.79 Å². The fourth-order valence-electron chi connectivity index (χ4n) is 2.63. The summed E-state index contributed by atoms with van der Waals surface area (Å²) in [4.78, 5) is 21.4. The van der Waals surface area contributed by atoms with Crippen LogP contribution in [0.1, 0.15) is 54.7 Å². The molecule has 0 aliphatic rings. The SMILES string of the molecule is Cc1nc2ccc(Cl)cn2c1C(=O)N[C@@H](C)c1nc(CC(C)C)no1. The Morgan fingerprint density at radius 3 is 2.80 bits per heavy atom. The van der Waals surface area contributed by atoms with Crippen LogP contribution in [0.15, 0.2) is 22.9 Å². The Labute approximate surface area is 150 Å². The van der Waals surface area contributed by atoms with Gasteiger partial charge in [0.15, 0.2) is 5.82 Å². The van der Waals surface area contributed by atoms with E-state index in [1.807, 2.05) is 0 Å². The van der Waals surface area contributed by atoms with Crippen molar-refractivity contribution in [1.82, 2.24) is 24.8 Å². The molecule has 0 saturated carbocycles. The molecule has 0 unspecified atom stereocenters. The lowest BCUT2D eigenvalue weighted by atomic mass is 10.1. The van der Waals surface area contributed by atoms with E-state index in [1.165, 1.54) is 0 Å². The highest BCUT2D eigenvalue weighted by molar-refractivity contribution is 6.30. The minimum Gasteiger partial charge on any atom is -0.339 e. The Bertz CT molecular complexity index is 915. The molecule has 3 heterocycles. The van der Waals surface area contributed by atoms with Gasteiger partial charge in [0.25, 0.3) is 5.91 Å². The molecule has 0 aromatic carbocycles. The van der Waals surface area contributed by atoms with Gasteiger partial charge in [0.1, 0.15) is 17.4 Å². The molecule has 0 aliphatic carbocycles. The largest absolute Gasteiger partial charge is 0.339 e. The van der Waals surface area contributed by atoms with Crippen LogP contribution in [-0.2, 0) is 6.42 Å². The van der Waals surface area contributed by atoms with Crippen molar-refractivity contribution in [2.45, 2.75) is 40.2 Å². The zero-order valence-electron chi connectivity index (χ0n) is 14.6. The van der Waals surface area contributed by atoms with Crippen LogP contribution in [0.3, 0.4) is 0 Å². The Kier molecular flexibility index (Phi) is 4.76. The van der Waals surface area contributed by atoms with Crippen LogP contribution in [0.4, 0.5) is 0 Å². The van der Waals surface area contributed by atoms with Gasteiger partial charge in [0.05, 0.1) is 10.7 Å². The lowest BCUT2D eigenvalue weighted by molar-refractivity contribution is 0.0926. The van der Waals surface area contributed by atoms with Crippen LogP contribution in [0.2, 0.25) is 5.02 Å². The first kappa shape index (κ1) is 17.4. The molecule has 3 rings (SSSR count). The number of pyridine rings is 1. The molecule has 0 aliphatic heterocycles. The molecule has 0 spiro atoms. The number of halogens is 1. The molecule has 0 saturated heterocycles. The maximum absolute atomic E-state index is 12.7. The minimum atomic E-state index is -0.412. The number of aryl methyl sites for hydroxylation is 1. The molecule has 25 heavy (non-hydrogen) atoms. The first-order valence-corrected chi connectivity index (χ1v) is 8.50. The monoisotopic (exact) mass is 361 g/mol. The predicted molar refractivity (Wildman–Crippen MR) is 93.7 cm³/mol. The van der Waals surface area contributed by atoms with Gasteiger partial charge in [-0.05, 0) is 31.9 Å². The van der Waals surface area contributed by atoms with E-state index in [2.05, 4.69) is 34.3 Å². The van der Waals surface area contributed by atoms with Crippen LogP contribution in [0.5, 0.6) is 0 Å². The van der Waals surface area contributed by atoms with Gasteiger partial charge in [-0.25, -0.2) is 4.98 Å². The van der Waals surface area contributed by atoms with Gasteiger partial charge in [0.2, 0.25) is 5.89 Å². The molecule has 3 aromatic rings. The molecule has 7 nitrogen and oxygen atoms in total. The van der Waals surface area contributed by atoms with E-state index < -0.39 is 6.04 Å². The standard InChI is InChI=1S/C17H20ClN5O2/c1-9(2)7-13-21-17(25-22-13)11(4)20-16(24)15-10(3)19-14-6-5-12(18)8-23(14)15/h5-6,8-9,11H,7H2,1-4H3,(H,20,24)/t11-/m0/s1. The third kappa shape index (κ3) is 3.66. The van der Waals surface area contributed by atoms with Crippen LogP contribution >= 0.6 is 11.6 Å². The molecule has 0 radical (unpaired) electrons. The summed E-state index contributed by atoms with van der Waals surface area (Å²) < 4.78 is 6.94. The highest BCUT2D eigenvalue weighted by Gasteiger charge is 2.22. The van der Waals surface area contributed by atoms with E-state index in [0.29, 0.717) is 39.7 Å². The number of hydrogen-bond acceptors (Lipinski definition) is 5. The third-order valence-corrected chi connectivity index (χ3v) is 3.99. The van der Waals surface area contributed by atoms with Crippen molar-refractivity contribution in [2.24, 2.45) is 5.92 Å². The fraction of sp³-hybridized carbons (Fsp3) is 0.412. The molecular formula is C17H20ClN5O2. The maximum Gasteiger partial charge on any atom is 0.270 e. The normalized spacial score (nSPS) is 12.7. The molecule has 1 N–H and O–H groups in total. The molecule has 3 aromatic heterocycles. The second-order valence-corrected chi connectivity index (χ2v) is 6.90. The van der Waals surface area contributed by atoms with Crippen LogP contribution in [-0.4, -0.2) is 25.4 Å². The summed E-state index contributed by atoms with van der Waals surface area (Å²) in [5.74, 6) is 1.18.